The van der Waals surface area contributed by atoms with Crippen LogP contribution in [0.15, 0.2) is 78.9 Å². The van der Waals surface area contributed by atoms with E-state index in [1.807, 2.05) is 36.4 Å². The van der Waals surface area contributed by atoms with E-state index >= 15 is 0 Å². The third-order valence-corrected chi connectivity index (χ3v) is 6.96. The van der Waals surface area contributed by atoms with Crippen molar-refractivity contribution in [3.63, 3.8) is 0 Å². The molecule has 0 spiro atoms. The van der Waals surface area contributed by atoms with E-state index in [4.69, 9.17) is 5.10 Å². The SMILES string of the molecule is CC1CCC(C(C)C)c2nn(C(=O)/C=C/c3ccccc3)c(-c3ccc4ccccc4c3)c21. The molecule has 0 amide bonds. The fourth-order valence-corrected chi connectivity index (χ4v) is 5.14. The molecule has 1 aromatic heterocycles. The summed E-state index contributed by atoms with van der Waals surface area (Å²) in [6.07, 6.45) is 5.76. The summed E-state index contributed by atoms with van der Waals surface area (Å²) < 4.78 is 1.66. The maximum Gasteiger partial charge on any atom is 0.271 e. The highest BCUT2D eigenvalue weighted by Gasteiger charge is 2.34. The summed E-state index contributed by atoms with van der Waals surface area (Å²) in [6.45, 7) is 6.79. The third-order valence-electron chi connectivity index (χ3n) is 6.96. The van der Waals surface area contributed by atoms with E-state index < -0.39 is 0 Å². The van der Waals surface area contributed by atoms with Gasteiger partial charge in [-0.15, -0.1) is 0 Å². The molecule has 3 heteroatoms. The van der Waals surface area contributed by atoms with Gasteiger partial charge in [-0.25, -0.2) is 0 Å². The van der Waals surface area contributed by atoms with Crippen molar-refractivity contribution in [2.45, 2.75) is 45.4 Å². The molecule has 1 aliphatic carbocycles. The second kappa shape index (κ2) is 8.82. The first-order chi connectivity index (χ1) is 16.0. The van der Waals surface area contributed by atoms with Crippen molar-refractivity contribution in [1.82, 2.24) is 9.78 Å². The van der Waals surface area contributed by atoms with Gasteiger partial charge in [-0.2, -0.15) is 9.78 Å². The molecule has 0 aliphatic heterocycles. The van der Waals surface area contributed by atoms with Crippen molar-refractivity contribution < 1.29 is 4.79 Å². The van der Waals surface area contributed by atoms with E-state index in [1.54, 1.807) is 10.8 Å². The first kappa shape index (κ1) is 21.4. The minimum Gasteiger partial charge on any atom is -0.267 e. The van der Waals surface area contributed by atoms with Crippen LogP contribution in [0.2, 0.25) is 0 Å². The van der Waals surface area contributed by atoms with E-state index in [2.05, 4.69) is 63.2 Å². The van der Waals surface area contributed by atoms with Gasteiger partial charge in [0.15, 0.2) is 0 Å². The van der Waals surface area contributed by atoms with Crippen LogP contribution in [0.25, 0.3) is 28.1 Å². The molecule has 3 nitrogen and oxygen atoms in total. The van der Waals surface area contributed by atoms with Crippen molar-refractivity contribution in [2.24, 2.45) is 5.92 Å². The van der Waals surface area contributed by atoms with E-state index in [9.17, 15) is 4.79 Å². The summed E-state index contributed by atoms with van der Waals surface area (Å²) in [6, 6.07) is 24.8. The molecule has 0 saturated heterocycles. The highest BCUT2D eigenvalue weighted by atomic mass is 16.2. The molecule has 0 N–H and O–H groups in total. The van der Waals surface area contributed by atoms with Gasteiger partial charge in [0.25, 0.3) is 5.91 Å². The van der Waals surface area contributed by atoms with Crippen molar-refractivity contribution >= 4 is 22.8 Å². The Bertz CT molecular complexity index is 1330. The Morgan fingerprint density at radius 2 is 1.70 bits per heavy atom. The van der Waals surface area contributed by atoms with Gasteiger partial charge >= 0.3 is 0 Å². The van der Waals surface area contributed by atoms with Crippen LogP contribution in [-0.2, 0) is 0 Å². The molecule has 1 heterocycles. The summed E-state index contributed by atoms with van der Waals surface area (Å²) in [5.74, 6) is 1.13. The zero-order valence-electron chi connectivity index (χ0n) is 19.5. The second-order valence-electron chi connectivity index (χ2n) is 9.53. The van der Waals surface area contributed by atoms with Crippen LogP contribution in [-0.4, -0.2) is 15.7 Å². The molecule has 0 fully saturated rings. The molecule has 0 radical (unpaired) electrons. The smallest absolute Gasteiger partial charge is 0.267 e. The standard InChI is InChI=1S/C30H30N2O/c1-20(2)26-17-13-21(3)28-29(26)31-32(27(33)18-14-22-9-5-4-6-10-22)30(28)25-16-15-23-11-7-8-12-24(23)19-25/h4-12,14-16,18-21,26H,13,17H2,1-3H3/b18-14+. The van der Waals surface area contributed by atoms with Crippen LogP contribution in [0.3, 0.4) is 0 Å². The van der Waals surface area contributed by atoms with Gasteiger partial charge in [-0.05, 0) is 53.2 Å². The van der Waals surface area contributed by atoms with E-state index in [0.717, 1.165) is 35.4 Å². The van der Waals surface area contributed by atoms with Crippen molar-refractivity contribution in [3.05, 3.63) is 95.7 Å². The maximum atomic E-state index is 13.5. The van der Waals surface area contributed by atoms with Gasteiger partial charge in [0, 0.05) is 23.1 Å². The minimum absolute atomic E-state index is 0.105. The largest absolute Gasteiger partial charge is 0.271 e. The number of aromatic nitrogens is 2. The molecule has 0 saturated carbocycles. The lowest BCUT2D eigenvalue weighted by Crippen LogP contribution is -2.17. The Balaban J connectivity index is 1.68. The molecule has 2 unspecified atom stereocenters. The number of carbonyl (C=O) groups excluding carboxylic acids is 1. The van der Waals surface area contributed by atoms with Crippen LogP contribution < -0.4 is 0 Å². The number of benzene rings is 3. The molecule has 0 bridgehead atoms. The Hall–Kier alpha value is -3.46. The first-order valence-electron chi connectivity index (χ1n) is 11.9. The van der Waals surface area contributed by atoms with Gasteiger partial charge in [0.05, 0.1) is 11.4 Å². The lowest BCUT2D eigenvalue weighted by atomic mass is 9.75. The number of nitrogens with zero attached hydrogens (tertiary/aromatic N) is 2. The number of rotatable bonds is 4. The summed E-state index contributed by atoms with van der Waals surface area (Å²) in [5, 5.41) is 7.36. The molecule has 1 aliphatic rings. The molecule has 166 valence electrons. The fraction of sp³-hybridized carbons (Fsp3) is 0.267. The lowest BCUT2D eigenvalue weighted by molar-refractivity contribution is 0.0956. The summed E-state index contributed by atoms with van der Waals surface area (Å²) in [7, 11) is 0. The predicted molar refractivity (Wildman–Crippen MR) is 136 cm³/mol. The van der Waals surface area contributed by atoms with Crippen molar-refractivity contribution in [1.29, 1.82) is 0 Å². The van der Waals surface area contributed by atoms with Gasteiger partial charge in [0.2, 0.25) is 0 Å². The van der Waals surface area contributed by atoms with Crippen molar-refractivity contribution in [3.8, 4) is 11.3 Å². The number of hydrogen-bond donors (Lipinski definition) is 0. The van der Waals surface area contributed by atoms with Crippen LogP contribution in [0.4, 0.5) is 0 Å². The summed E-state index contributed by atoms with van der Waals surface area (Å²) in [5.41, 5.74) is 5.37. The molecular weight excluding hydrogens is 404 g/mol. The van der Waals surface area contributed by atoms with Crippen LogP contribution in [0.1, 0.15) is 67.1 Å². The lowest BCUT2D eigenvalue weighted by Gasteiger charge is -2.29. The fourth-order valence-electron chi connectivity index (χ4n) is 5.14. The highest BCUT2D eigenvalue weighted by Crippen LogP contribution is 2.46. The average molecular weight is 435 g/mol. The van der Waals surface area contributed by atoms with Crippen molar-refractivity contribution in [2.75, 3.05) is 0 Å². The number of allylic oxidation sites excluding steroid dienone is 1. The molecule has 4 aromatic rings. The zero-order chi connectivity index (χ0) is 22.9. The molecule has 2 atom stereocenters. The van der Waals surface area contributed by atoms with Gasteiger partial charge in [-0.1, -0.05) is 87.5 Å². The molecule has 33 heavy (non-hydrogen) atoms. The second-order valence-corrected chi connectivity index (χ2v) is 9.53. The average Bonchev–Trinajstić information content (AvgIpc) is 3.24. The first-order valence-corrected chi connectivity index (χ1v) is 11.9. The Kier molecular flexibility index (Phi) is 5.72. The number of hydrogen-bond acceptors (Lipinski definition) is 2. The van der Waals surface area contributed by atoms with Crippen LogP contribution in [0, 0.1) is 5.92 Å². The maximum absolute atomic E-state index is 13.5. The van der Waals surface area contributed by atoms with Gasteiger partial charge in [0.1, 0.15) is 0 Å². The van der Waals surface area contributed by atoms with Gasteiger partial charge in [-0.3, -0.25) is 4.79 Å². The zero-order valence-corrected chi connectivity index (χ0v) is 19.5. The minimum atomic E-state index is -0.105. The highest BCUT2D eigenvalue weighted by molar-refractivity contribution is 5.97. The Labute approximate surface area is 195 Å². The Morgan fingerprint density at radius 1 is 0.970 bits per heavy atom. The number of carbonyl (C=O) groups is 1. The molecule has 5 rings (SSSR count). The molecule has 3 aromatic carbocycles. The predicted octanol–water partition coefficient (Wildman–Crippen LogP) is 7.69. The monoisotopic (exact) mass is 434 g/mol. The Morgan fingerprint density at radius 3 is 2.45 bits per heavy atom. The summed E-state index contributed by atoms with van der Waals surface area (Å²) >= 11 is 0. The van der Waals surface area contributed by atoms with Crippen LogP contribution >= 0.6 is 0 Å². The van der Waals surface area contributed by atoms with Crippen LogP contribution in [0.5, 0.6) is 0 Å². The normalized spacial score (nSPS) is 18.2. The topological polar surface area (TPSA) is 34.9 Å². The number of fused-ring (bicyclic) bond motifs is 2. The van der Waals surface area contributed by atoms with Gasteiger partial charge < -0.3 is 0 Å². The van der Waals surface area contributed by atoms with E-state index in [1.165, 1.54) is 16.3 Å². The summed E-state index contributed by atoms with van der Waals surface area (Å²) in [4.78, 5) is 13.5. The third kappa shape index (κ3) is 4.04. The van der Waals surface area contributed by atoms with E-state index in [0.29, 0.717) is 17.8 Å². The molecular formula is C30H30N2O. The van der Waals surface area contributed by atoms with E-state index in [-0.39, 0.29) is 5.91 Å². The quantitative estimate of drug-likeness (QED) is 0.309.